The quantitative estimate of drug-likeness (QED) is 0.615. The molecule has 1 aromatic carbocycles. The first kappa shape index (κ1) is 21.7. The summed E-state index contributed by atoms with van der Waals surface area (Å²) in [4.78, 5) is 2.31. The van der Waals surface area contributed by atoms with E-state index < -0.39 is 23.9 Å². The Morgan fingerprint density at radius 3 is 1.68 bits per heavy atom. The third kappa shape index (κ3) is 7.20. The number of rotatable bonds is 10. The zero-order chi connectivity index (χ0) is 19.1. The van der Waals surface area contributed by atoms with Gasteiger partial charge in [0.05, 0.1) is 0 Å². The van der Waals surface area contributed by atoms with E-state index in [1.165, 1.54) is 6.08 Å². The van der Waals surface area contributed by atoms with Crippen LogP contribution < -0.4 is 4.90 Å². The van der Waals surface area contributed by atoms with Crippen LogP contribution in [-0.2, 0) is 19.7 Å². The SMILES string of the molecule is CCCCN(CCCC)c1ccc(C=C(S(C)(=O)=O)S(C)(=O)=O)cc1. The van der Waals surface area contributed by atoms with E-state index in [9.17, 15) is 16.8 Å². The number of unbranched alkanes of at least 4 members (excludes halogenated alkanes) is 2. The summed E-state index contributed by atoms with van der Waals surface area (Å²) in [5.74, 6) is 0. The van der Waals surface area contributed by atoms with Crippen molar-refractivity contribution in [3.63, 3.8) is 0 Å². The summed E-state index contributed by atoms with van der Waals surface area (Å²) in [6.07, 6.45) is 7.49. The fraction of sp³-hybridized carbons (Fsp3) is 0.556. The van der Waals surface area contributed by atoms with Gasteiger partial charge in [-0.2, -0.15) is 0 Å². The molecular formula is C18H29NO4S2. The van der Waals surface area contributed by atoms with Crippen LogP contribution in [0.15, 0.2) is 28.5 Å². The second-order valence-electron chi connectivity index (χ2n) is 6.29. The first-order chi connectivity index (χ1) is 11.6. The predicted molar refractivity (Wildman–Crippen MR) is 106 cm³/mol. The monoisotopic (exact) mass is 387 g/mol. The number of benzene rings is 1. The summed E-state index contributed by atoms with van der Waals surface area (Å²) in [5.41, 5.74) is 1.62. The molecule has 0 fully saturated rings. The average Bonchev–Trinajstić information content (AvgIpc) is 2.51. The van der Waals surface area contributed by atoms with E-state index in [2.05, 4.69) is 18.7 Å². The van der Waals surface area contributed by atoms with Gasteiger partial charge in [-0.25, -0.2) is 16.8 Å². The van der Waals surface area contributed by atoms with Crippen LogP contribution in [0, 0.1) is 0 Å². The molecule has 1 rings (SSSR count). The molecule has 0 amide bonds. The lowest BCUT2D eigenvalue weighted by Crippen LogP contribution is -2.25. The summed E-state index contributed by atoms with van der Waals surface area (Å²) in [6.45, 7) is 6.26. The third-order valence-electron chi connectivity index (χ3n) is 3.84. The number of nitrogens with zero attached hydrogens (tertiary/aromatic N) is 1. The molecule has 0 aliphatic heterocycles. The van der Waals surface area contributed by atoms with Crippen LogP contribution in [0.3, 0.4) is 0 Å². The predicted octanol–water partition coefficient (Wildman–Crippen LogP) is 3.48. The van der Waals surface area contributed by atoms with Gasteiger partial charge < -0.3 is 4.90 Å². The molecule has 0 atom stereocenters. The van der Waals surface area contributed by atoms with Crippen molar-refractivity contribution >= 4 is 31.4 Å². The average molecular weight is 388 g/mol. The molecular weight excluding hydrogens is 358 g/mol. The minimum atomic E-state index is -3.81. The summed E-state index contributed by atoms with van der Waals surface area (Å²) in [5, 5.41) is 0. The van der Waals surface area contributed by atoms with Crippen LogP contribution in [0.25, 0.3) is 6.08 Å². The molecule has 0 spiro atoms. The first-order valence-electron chi connectivity index (χ1n) is 8.56. The highest BCUT2D eigenvalue weighted by molar-refractivity contribution is 8.14. The van der Waals surface area contributed by atoms with E-state index in [1.54, 1.807) is 12.1 Å². The van der Waals surface area contributed by atoms with Crippen LogP contribution in [0.4, 0.5) is 5.69 Å². The Hall–Kier alpha value is -1.34. The molecule has 0 saturated carbocycles. The van der Waals surface area contributed by atoms with Crippen LogP contribution in [-0.4, -0.2) is 42.4 Å². The fourth-order valence-electron chi connectivity index (χ4n) is 2.47. The highest BCUT2D eigenvalue weighted by atomic mass is 32.3. The van der Waals surface area contributed by atoms with E-state index in [4.69, 9.17) is 0 Å². The molecule has 0 aliphatic rings. The topological polar surface area (TPSA) is 71.5 Å². The first-order valence-corrected chi connectivity index (χ1v) is 12.3. The van der Waals surface area contributed by atoms with Gasteiger partial charge in [0.15, 0.2) is 23.9 Å². The van der Waals surface area contributed by atoms with E-state index in [1.807, 2.05) is 12.1 Å². The van der Waals surface area contributed by atoms with Gasteiger partial charge in [0.1, 0.15) is 0 Å². The van der Waals surface area contributed by atoms with Crippen molar-refractivity contribution in [2.75, 3.05) is 30.5 Å². The van der Waals surface area contributed by atoms with Crippen LogP contribution >= 0.6 is 0 Å². The Labute approximate surface area is 152 Å². The number of sulfone groups is 2. The number of hydrogen-bond acceptors (Lipinski definition) is 5. The largest absolute Gasteiger partial charge is 0.372 e. The van der Waals surface area contributed by atoms with Crippen LogP contribution in [0.5, 0.6) is 0 Å². The van der Waals surface area contributed by atoms with Gasteiger partial charge >= 0.3 is 0 Å². The molecule has 0 saturated heterocycles. The van der Waals surface area contributed by atoms with E-state index in [0.717, 1.165) is 57.0 Å². The fourth-order valence-corrected chi connectivity index (χ4v) is 5.37. The molecule has 7 heteroatoms. The lowest BCUT2D eigenvalue weighted by Gasteiger charge is -2.24. The molecule has 0 unspecified atom stereocenters. The summed E-state index contributed by atoms with van der Waals surface area (Å²) < 4.78 is 46.4. The Kier molecular flexibility index (Phi) is 8.15. The van der Waals surface area contributed by atoms with E-state index in [0.29, 0.717) is 5.56 Å². The highest BCUT2D eigenvalue weighted by Crippen LogP contribution is 2.21. The standard InChI is InChI=1S/C18H29NO4S2/c1-5-7-13-19(14-8-6-2)17-11-9-16(10-12-17)15-18(24(3,20)21)25(4,22)23/h9-12,15H,5-8,13-14H2,1-4H3. The van der Waals surface area contributed by atoms with Gasteiger partial charge in [0, 0.05) is 31.3 Å². The summed E-state index contributed by atoms with van der Waals surface area (Å²) >= 11 is 0. The molecule has 142 valence electrons. The molecule has 25 heavy (non-hydrogen) atoms. The summed E-state index contributed by atoms with van der Waals surface area (Å²) in [7, 11) is -7.62. The maximum atomic E-state index is 11.7. The number of anilines is 1. The lowest BCUT2D eigenvalue weighted by molar-refractivity contribution is 0.601. The molecule has 0 aromatic heterocycles. The molecule has 0 N–H and O–H groups in total. The Balaban J connectivity index is 3.13. The van der Waals surface area contributed by atoms with Gasteiger partial charge in [0.2, 0.25) is 0 Å². The molecule has 5 nitrogen and oxygen atoms in total. The maximum absolute atomic E-state index is 11.7. The molecule has 0 radical (unpaired) electrons. The van der Waals surface area contributed by atoms with Gasteiger partial charge in [-0.15, -0.1) is 0 Å². The lowest BCUT2D eigenvalue weighted by atomic mass is 10.1. The van der Waals surface area contributed by atoms with Gasteiger partial charge in [-0.3, -0.25) is 0 Å². The van der Waals surface area contributed by atoms with Crippen molar-refractivity contribution in [2.45, 2.75) is 39.5 Å². The van der Waals surface area contributed by atoms with E-state index in [-0.39, 0.29) is 0 Å². The van der Waals surface area contributed by atoms with Crippen molar-refractivity contribution in [3.05, 3.63) is 34.1 Å². The van der Waals surface area contributed by atoms with Crippen LogP contribution in [0.1, 0.15) is 45.1 Å². The van der Waals surface area contributed by atoms with Crippen molar-refractivity contribution in [1.29, 1.82) is 0 Å². The third-order valence-corrected chi connectivity index (χ3v) is 7.35. The van der Waals surface area contributed by atoms with Gasteiger partial charge in [-0.05, 0) is 36.6 Å². The van der Waals surface area contributed by atoms with E-state index >= 15 is 0 Å². The smallest absolute Gasteiger partial charge is 0.186 e. The molecule has 0 heterocycles. The minimum absolute atomic E-state index is 0.554. The second-order valence-corrected chi connectivity index (χ2v) is 10.5. The number of hydrogen-bond donors (Lipinski definition) is 0. The summed E-state index contributed by atoms with van der Waals surface area (Å²) in [6, 6.07) is 7.35. The minimum Gasteiger partial charge on any atom is -0.372 e. The Bertz CT molecular complexity index is 737. The van der Waals surface area contributed by atoms with Gasteiger partial charge in [-0.1, -0.05) is 38.8 Å². The maximum Gasteiger partial charge on any atom is 0.186 e. The zero-order valence-electron chi connectivity index (χ0n) is 15.5. The van der Waals surface area contributed by atoms with Gasteiger partial charge in [0.25, 0.3) is 0 Å². The van der Waals surface area contributed by atoms with Crippen molar-refractivity contribution in [2.24, 2.45) is 0 Å². The Morgan fingerprint density at radius 1 is 0.880 bits per heavy atom. The van der Waals surface area contributed by atoms with Crippen molar-refractivity contribution in [1.82, 2.24) is 0 Å². The molecule has 0 aliphatic carbocycles. The molecule has 0 bridgehead atoms. The van der Waals surface area contributed by atoms with Crippen LogP contribution in [0.2, 0.25) is 0 Å². The zero-order valence-corrected chi connectivity index (χ0v) is 17.2. The van der Waals surface area contributed by atoms with Crippen molar-refractivity contribution < 1.29 is 16.8 Å². The normalized spacial score (nSPS) is 12.0. The van der Waals surface area contributed by atoms with Crippen molar-refractivity contribution in [3.8, 4) is 0 Å². The second kappa shape index (κ2) is 9.38. The molecule has 1 aromatic rings. The Morgan fingerprint density at radius 2 is 1.32 bits per heavy atom. The highest BCUT2D eigenvalue weighted by Gasteiger charge is 2.22.